The molecule has 20 heavy (non-hydrogen) atoms. The average Bonchev–Trinajstić information content (AvgIpc) is 3.04. The molecule has 2 aliphatic rings. The van der Waals surface area contributed by atoms with Crippen LogP contribution in [0.1, 0.15) is 53.8 Å². The summed E-state index contributed by atoms with van der Waals surface area (Å²) in [4.78, 5) is 23.2. The van der Waals surface area contributed by atoms with E-state index >= 15 is 0 Å². The monoisotopic (exact) mass is 277 g/mol. The molecule has 1 aromatic heterocycles. The molecule has 1 amide bonds. The van der Waals surface area contributed by atoms with Gasteiger partial charge in [-0.2, -0.15) is 5.10 Å². The van der Waals surface area contributed by atoms with Crippen LogP contribution in [-0.4, -0.2) is 33.2 Å². The van der Waals surface area contributed by atoms with E-state index in [2.05, 4.69) is 15.5 Å². The molecule has 0 radical (unpaired) electrons. The van der Waals surface area contributed by atoms with Gasteiger partial charge in [0.15, 0.2) is 5.69 Å². The number of hydrogen-bond donors (Lipinski definition) is 3. The van der Waals surface area contributed by atoms with Crippen LogP contribution in [0.5, 0.6) is 0 Å². The number of H-pyrrole nitrogens is 1. The summed E-state index contributed by atoms with van der Waals surface area (Å²) in [6, 6.07) is -0.0421. The molecule has 6 heteroatoms. The van der Waals surface area contributed by atoms with Gasteiger partial charge < -0.3 is 10.4 Å². The van der Waals surface area contributed by atoms with Gasteiger partial charge in [0.25, 0.3) is 5.91 Å². The van der Waals surface area contributed by atoms with Gasteiger partial charge >= 0.3 is 5.97 Å². The van der Waals surface area contributed by atoms with Crippen molar-refractivity contribution in [3.05, 3.63) is 17.0 Å². The van der Waals surface area contributed by atoms with Crippen LogP contribution < -0.4 is 5.32 Å². The Morgan fingerprint density at radius 1 is 1.25 bits per heavy atom. The van der Waals surface area contributed by atoms with Gasteiger partial charge in [-0.3, -0.25) is 14.7 Å². The topological polar surface area (TPSA) is 95.1 Å². The smallest absolute Gasteiger partial charge is 0.306 e. The highest BCUT2D eigenvalue weighted by atomic mass is 16.4. The summed E-state index contributed by atoms with van der Waals surface area (Å²) in [7, 11) is 0. The summed E-state index contributed by atoms with van der Waals surface area (Å²) in [6.45, 7) is 0. The zero-order chi connectivity index (χ0) is 14.1. The predicted molar refractivity (Wildman–Crippen MR) is 71.5 cm³/mol. The maximum Gasteiger partial charge on any atom is 0.306 e. The van der Waals surface area contributed by atoms with Crippen molar-refractivity contribution in [2.24, 2.45) is 5.92 Å². The molecule has 6 nitrogen and oxygen atoms in total. The molecule has 0 spiro atoms. The van der Waals surface area contributed by atoms with Crippen LogP contribution in [0.2, 0.25) is 0 Å². The van der Waals surface area contributed by atoms with Crippen molar-refractivity contribution in [3.63, 3.8) is 0 Å². The molecule has 0 bridgehead atoms. The van der Waals surface area contributed by atoms with Gasteiger partial charge in [-0.1, -0.05) is 0 Å². The lowest BCUT2D eigenvalue weighted by atomic mass is 9.95. The number of carboxylic acids is 1. The Morgan fingerprint density at radius 2 is 2.05 bits per heavy atom. The largest absolute Gasteiger partial charge is 0.481 e. The van der Waals surface area contributed by atoms with E-state index in [0.29, 0.717) is 18.5 Å². The second-order valence-corrected chi connectivity index (χ2v) is 5.76. The van der Waals surface area contributed by atoms with Crippen LogP contribution >= 0.6 is 0 Å². The maximum absolute atomic E-state index is 12.3. The van der Waals surface area contributed by atoms with Crippen LogP contribution in [0.15, 0.2) is 0 Å². The molecule has 108 valence electrons. The average molecular weight is 277 g/mol. The zero-order valence-electron chi connectivity index (χ0n) is 11.3. The standard InChI is InChI=1S/C14H19N3O3/c18-13(15-9-6-5-8(7-9)14(19)20)12-10-3-1-2-4-11(10)16-17-12/h8-9H,1-7H2,(H,15,18)(H,16,17)(H,19,20)/t8-,9-/m1/s1. The molecule has 0 aliphatic heterocycles. The first-order chi connectivity index (χ1) is 9.65. The number of carbonyl (C=O) groups excluding carboxylic acids is 1. The number of aromatic nitrogens is 2. The Morgan fingerprint density at radius 3 is 2.80 bits per heavy atom. The molecule has 2 aliphatic carbocycles. The molecular formula is C14H19N3O3. The van der Waals surface area contributed by atoms with Crippen LogP contribution in [0.4, 0.5) is 0 Å². The summed E-state index contributed by atoms with van der Waals surface area (Å²) < 4.78 is 0. The molecule has 3 rings (SSSR count). The third-order valence-electron chi connectivity index (χ3n) is 4.39. The van der Waals surface area contributed by atoms with Crippen molar-refractivity contribution in [2.45, 2.75) is 51.0 Å². The highest BCUT2D eigenvalue weighted by Gasteiger charge is 2.31. The molecule has 1 heterocycles. The van der Waals surface area contributed by atoms with Crippen LogP contribution in [0.3, 0.4) is 0 Å². The fourth-order valence-electron chi connectivity index (χ4n) is 3.26. The van der Waals surface area contributed by atoms with E-state index in [4.69, 9.17) is 5.11 Å². The fourth-order valence-corrected chi connectivity index (χ4v) is 3.26. The number of aromatic amines is 1. The van der Waals surface area contributed by atoms with Crippen molar-refractivity contribution in [2.75, 3.05) is 0 Å². The molecule has 0 aromatic carbocycles. The van der Waals surface area contributed by atoms with E-state index in [-0.39, 0.29) is 17.9 Å². The molecule has 1 saturated carbocycles. The molecule has 1 aromatic rings. The van der Waals surface area contributed by atoms with Gasteiger partial charge in [-0.15, -0.1) is 0 Å². The summed E-state index contributed by atoms with van der Waals surface area (Å²) >= 11 is 0. The number of rotatable bonds is 3. The summed E-state index contributed by atoms with van der Waals surface area (Å²) in [5.74, 6) is -1.26. The Kier molecular flexibility index (Phi) is 3.46. The Bertz CT molecular complexity index is 538. The number of aryl methyl sites for hydroxylation is 1. The zero-order valence-corrected chi connectivity index (χ0v) is 11.3. The van der Waals surface area contributed by atoms with E-state index in [1.807, 2.05) is 0 Å². The molecule has 2 atom stereocenters. The molecule has 3 N–H and O–H groups in total. The lowest BCUT2D eigenvalue weighted by molar-refractivity contribution is -0.141. The molecule has 0 saturated heterocycles. The predicted octanol–water partition coefficient (Wildman–Crippen LogP) is 1.27. The number of carboxylic acid groups (broad SMARTS) is 1. The number of carbonyl (C=O) groups is 2. The van der Waals surface area contributed by atoms with Gasteiger partial charge in [0.1, 0.15) is 0 Å². The lowest BCUT2D eigenvalue weighted by Gasteiger charge is -2.14. The summed E-state index contributed by atoms with van der Waals surface area (Å²) in [5.41, 5.74) is 2.62. The SMILES string of the molecule is O=C(N[C@@H]1CC[C@@H](C(=O)O)C1)c1n[nH]c2c1CCCC2. The van der Waals surface area contributed by atoms with Gasteiger partial charge in [0.05, 0.1) is 5.92 Å². The third-order valence-corrected chi connectivity index (χ3v) is 4.39. The minimum atomic E-state index is -0.765. The second-order valence-electron chi connectivity index (χ2n) is 5.76. The number of nitrogens with one attached hydrogen (secondary N) is 2. The van der Waals surface area contributed by atoms with E-state index in [1.165, 1.54) is 0 Å². The Balaban J connectivity index is 1.65. The first-order valence-corrected chi connectivity index (χ1v) is 7.25. The Labute approximate surface area is 116 Å². The number of aliphatic carboxylic acids is 1. The van der Waals surface area contributed by atoms with Crippen molar-refractivity contribution < 1.29 is 14.7 Å². The molecular weight excluding hydrogens is 258 g/mol. The third kappa shape index (κ3) is 2.42. The number of fused-ring (bicyclic) bond motifs is 1. The van der Waals surface area contributed by atoms with E-state index in [1.54, 1.807) is 0 Å². The van der Waals surface area contributed by atoms with Crippen LogP contribution in [0, 0.1) is 5.92 Å². The first kappa shape index (κ1) is 13.1. The van der Waals surface area contributed by atoms with Crippen molar-refractivity contribution >= 4 is 11.9 Å². The van der Waals surface area contributed by atoms with Crippen LogP contribution in [0.25, 0.3) is 0 Å². The molecule has 1 fully saturated rings. The second kappa shape index (κ2) is 5.26. The maximum atomic E-state index is 12.3. The lowest BCUT2D eigenvalue weighted by Crippen LogP contribution is -2.34. The number of nitrogens with zero attached hydrogens (tertiary/aromatic N) is 1. The minimum absolute atomic E-state index is 0.0421. The van der Waals surface area contributed by atoms with E-state index < -0.39 is 5.97 Å². The van der Waals surface area contributed by atoms with Gasteiger partial charge in [-0.25, -0.2) is 0 Å². The van der Waals surface area contributed by atoms with E-state index in [9.17, 15) is 9.59 Å². The van der Waals surface area contributed by atoms with Gasteiger partial charge in [0.2, 0.25) is 0 Å². The number of hydrogen-bond acceptors (Lipinski definition) is 3. The summed E-state index contributed by atoms with van der Waals surface area (Å²) in [6.07, 6.45) is 5.98. The van der Waals surface area contributed by atoms with Crippen LogP contribution in [-0.2, 0) is 17.6 Å². The first-order valence-electron chi connectivity index (χ1n) is 7.25. The van der Waals surface area contributed by atoms with Crippen molar-refractivity contribution in [3.8, 4) is 0 Å². The molecule has 0 unspecified atom stereocenters. The van der Waals surface area contributed by atoms with Crippen molar-refractivity contribution in [1.29, 1.82) is 0 Å². The normalized spacial score (nSPS) is 25.2. The van der Waals surface area contributed by atoms with Crippen molar-refractivity contribution in [1.82, 2.24) is 15.5 Å². The van der Waals surface area contributed by atoms with E-state index in [0.717, 1.165) is 43.4 Å². The fraction of sp³-hybridized carbons (Fsp3) is 0.643. The highest BCUT2D eigenvalue weighted by molar-refractivity contribution is 5.94. The Hall–Kier alpha value is -1.85. The number of amides is 1. The quantitative estimate of drug-likeness (QED) is 0.775. The minimum Gasteiger partial charge on any atom is -0.481 e. The van der Waals surface area contributed by atoms with Gasteiger partial charge in [-0.05, 0) is 44.9 Å². The highest BCUT2D eigenvalue weighted by Crippen LogP contribution is 2.27. The summed E-state index contributed by atoms with van der Waals surface area (Å²) in [5, 5.41) is 19.0. The van der Waals surface area contributed by atoms with Gasteiger partial charge in [0, 0.05) is 17.3 Å².